The van der Waals surface area contributed by atoms with E-state index >= 15 is 0 Å². The van der Waals surface area contributed by atoms with Gasteiger partial charge in [0.1, 0.15) is 6.04 Å². The summed E-state index contributed by atoms with van der Waals surface area (Å²) >= 11 is 3.20. The average molecular weight is 342 g/mol. The van der Waals surface area contributed by atoms with E-state index in [0.717, 1.165) is 10.7 Å². The highest BCUT2D eigenvalue weighted by Crippen LogP contribution is 2.26. The van der Waals surface area contributed by atoms with E-state index in [4.69, 9.17) is 0 Å². The number of aromatic nitrogens is 1. The Labute approximate surface area is 139 Å². The van der Waals surface area contributed by atoms with Crippen LogP contribution in [0.5, 0.6) is 0 Å². The molecule has 2 heterocycles. The van der Waals surface area contributed by atoms with Gasteiger partial charge in [-0.3, -0.25) is 9.59 Å². The van der Waals surface area contributed by atoms with Crippen molar-refractivity contribution in [3.8, 4) is 0 Å². The Morgan fingerprint density at radius 3 is 2.77 bits per heavy atom. The van der Waals surface area contributed by atoms with E-state index in [1.54, 1.807) is 28.0 Å². The van der Waals surface area contributed by atoms with E-state index in [1.807, 2.05) is 33.1 Å². The molecule has 1 aliphatic rings. The lowest BCUT2D eigenvalue weighted by Gasteiger charge is -2.26. The molecule has 0 aromatic carbocycles. The van der Waals surface area contributed by atoms with Crippen LogP contribution in [0.2, 0.25) is 0 Å². The highest BCUT2D eigenvalue weighted by Gasteiger charge is 2.35. The second-order valence-electron chi connectivity index (χ2n) is 6.69. The molecule has 0 radical (unpaired) electrons. The zero-order chi connectivity index (χ0) is 16.3. The number of aryl methyl sites for hydroxylation is 1. The van der Waals surface area contributed by atoms with E-state index in [9.17, 15) is 9.59 Å². The third-order valence-electron chi connectivity index (χ3n) is 3.30. The highest BCUT2D eigenvalue weighted by molar-refractivity contribution is 7.99. The summed E-state index contributed by atoms with van der Waals surface area (Å²) in [6, 6.07) is -0.361. The van der Waals surface area contributed by atoms with Crippen molar-refractivity contribution in [3.63, 3.8) is 0 Å². The number of thioether (sulfide) groups is 1. The van der Waals surface area contributed by atoms with Crippen molar-refractivity contribution in [2.45, 2.75) is 46.7 Å². The van der Waals surface area contributed by atoms with Gasteiger partial charge in [0.05, 0.1) is 23.1 Å². The van der Waals surface area contributed by atoms with Gasteiger partial charge in [-0.1, -0.05) is 20.8 Å². The lowest BCUT2D eigenvalue weighted by molar-refractivity contribution is -0.139. The van der Waals surface area contributed by atoms with Crippen LogP contribution < -0.4 is 5.32 Å². The van der Waals surface area contributed by atoms with E-state index in [0.29, 0.717) is 24.6 Å². The smallest absolute Gasteiger partial charge is 0.244 e. The van der Waals surface area contributed by atoms with Gasteiger partial charge in [0.15, 0.2) is 0 Å². The Kier molecular flexibility index (Phi) is 5.50. The molecular weight excluding hydrogens is 318 g/mol. The molecule has 1 fully saturated rings. The van der Waals surface area contributed by atoms with Gasteiger partial charge >= 0.3 is 0 Å². The van der Waals surface area contributed by atoms with Crippen LogP contribution in [0.15, 0.2) is 5.38 Å². The van der Waals surface area contributed by atoms with Gasteiger partial charge in [-0.15, -0.1) is 23.1 Å². The van der Waals surface area contributed by atoms with Gasteiger partial charge in [0.25, 0.3) is 0 Å². The Balaban J connectivity index is 1.91. The fourth-order valence-electron chi connectivity index (χ4n) is 2.25. The molecule has 7 heteroatoms. The Morgan fingerprint density at radius 2 is 2.18 bits per heavy atom. The molecule has 0 unspecified atom stereocenters. The number of hydrogen-bond acceptors (Lipinski definition) is 5. The van der Waals surface area contributed by atoms with E-state index in [-0.39, 0.29) is 23.3 Å². The minimum absolute atomic E-state index is 0.0575. The second kappa shape index (κ2) is 7.00. The van der Waals surface area contributed by atoms with Crippen LogP contribution in [-0.2, 0) is 16.1 Å². The first kappa shape index (κ1) is 17.3. The summed E-state index contributed by atoms with van der Waals surface area (Å²) in [6.45, 7) is 8.47. The maximum absolute atomic E-state index is 12.4. The second-order valence-corrected chi connectivity index (χ2v) is 8.75. The first-order valence-electron chi connectivity index (χ1n) is 7.32. The van der Waals surface area contributed by atoms with Crippen LogP contribution >= 0.6 is 23.1 Å². The van der Waals surface area contributed by atoms with Crippen molar-refractivity contribution < 1.29 is 9.59 Å². The number of hydrogen-bond donors (Lipinski definition) is 1. The van der Waals surface area contributed by atoms with Crippen LogP contribution in [0.25, 0.3) is 0 Å². The lowest BCUT2D eigenvalue weighted by atomic mass is 9.91. The molecule has 0 spiro atoms. The molecule has 5 nitrogen and oxygen atoms in total. The normalized spacial score (nSPS) is 18.5. The molecule has 2 rings (SSSR count). The molecule has 0 bridgehead atoms. The maximum atomic E-state index is 12.4. The number of carbonyl (C=O) groups excluding carboxylic acids is 2. The number of amides is 2. The summed E-state index contributed by atoms with van der Waals surface area (Å²) in [7, 11) is 0. The van der Waals surface area contributed by atoms with Gasteiger partial charge in [-0.05, 0) is 12.3 Å². The predicted molar refractivity (Wildman–Crippen MR) is 90.7 cm³/mol. The summed E-state index contributed by atoms with van der Waals surface area (Å²) < 4.78 is 0. The van der Waals surface area contributed by atoms with E-state index in [1.165, 1.54) is 0 Å². The van der Waals surface area contributed by atoms with Crippen molar-refractivity contribution in [1.82, 2.24) is 15.2 Å². The van der Waals surface area contributed by atoms with Crippen LogP contribution in [-0.4, -0.2) is 39.4 Å². The molecule has 2 amide bonds. The molecule has 0 aliphatic carbocycles. The molecule has 1 aromatic heterocycles. The summed E-state index contributed by atoms with van der Waals surface area (Å²) in [5.74, 6) is 1.24. The SMILES string of the molecule is Cc1nc(CNC(=O)[C@@H]2CSCN2C(=O)CC(C)(C)C)cs1. The number of thiazole rings is 1. The summed E-state index contributed by atoms with van der Waals surface area (Å²) in [6.07, 6.45) is 0.461. The third-order valence-corrected chi connectivity index (χ3v) is 5.13. The molecule has 1 aromatic rings. The number of nitrogens with zero attached hydrogens (tertiary/aromatic N) is 2. The van der Waals surface area contributed by atoms with Crippen molar-refractivity contribution in [2.24, 2.45) is 5.41 Å². The molecule has 1 saturated heterocycles. The standard InChI is InChI=1S/C15H23N3O2S2/c1-10-17-11(7-22-10)6-16-14(20)12-8-21-9-18(12)13(19)5-15(2,3)4/h7,12H,5-6,8-9H2,1-4H3,(H,16,20)/t12-/m0/s1. The van der Waals surface area contributed by atoms with Crippen molar-refractivity contribution in [2.75, 3.05) is 11.6 Å². The average Bonchev–Trinajstić information content (AvgIpc) is 3.02. The minimum Gasteiger partial charge on any atom is -0.349 e. The quantitative estimate of drug-likeness (QED) is 0.913. The summed E-state index contributed by atoms with van der Waals surface area (Å²) in [5.41, 5.74) is 0.804. The molecule has 1 atom stereocenters. The van der Waals surface area contributed by atoms with Gasteiger partial charge in [0, 0.05) is 17.6 Å². The number of nitrogens with one attached hydrogen (secondary N) is 1. The lowest BCUT2D eigenvalue weighted by Crippen LogP contribution is -2.47. The molecular formula is C15H23N3O2S2. The van der Waals surface area contributed by atoms with Crippen LogP contribution in [0.4, 0.5) is 0 Å². The summed E-state index contributed by atoms with van der Waals surface area (Å²) in [5, 5.41) is 5.83. The number of rotatable bonds is 4. The van der Waals surface area contributed by atoms with Crippen molar-refractivity contribution >= 4 is 34.9 Å². The molecule has 1 N–H and O–H groups in total. The monoisotopic (exact) mass is 341 g/mol. The Bertz CT molecular complexity index is 551. The van der Waals surface area contributed by atoms with Crippen LogP contribution in [0, 0.1) is 12.3 Å². The summed E-state index contributed by atoms with van der Waals surface area (Å²) in [4.78, 5) is 30.8. The van der Waals surface area contributed by atoms with Gasteiger partial charge in [-0.2, -0.15) is 0 Å². The largest absolute Gasteiger partial charge is 0.349 e. The zero-order valence-corrected chi connectivity index (χ0v) is 15.1. The topological polar surface area (TPSA) is 62.3 Å². The fourth-order valence-corrected chi connectivity index (χ4v) is 4.04. The number of carbonyl (C=O) groups is 2. The van der Waals surface area contributed by atoms with Crippen molar-refractivity contribution in [1.29, 1.82) is 0 Å². The van der Waals surface area contributed by atoms with Crippen molar-refractivity contribution in [3.05, 3.63) is 16.1 Å². The fraction of sp³-hybridized carbons (Fsp3) is 0.667. The maximum Gasteiger partial charge on any atom is 0.244 e. The van der Waals surface area contributed by atoms with Gasteiger partial charge in [0.2, 0.25) is 11.8 Å². The molecule has 0 saturated carbocycles. The van der Waals surface area contributed by atoms with Gasteiger partial charge in [-0.25, -0.2) is 4.98 Å². The zero-order valence-electron chi connectivity index (χ0n) is 13.5. The predicted octanol–water partition coefficient (Wildman–Crippen LogP) is 2.41. The van der Waals surface area contributed by atoms with E-state index in [2.05, 4.69) is 10.3 Å². The van der Waals surface area contributed by atoms with Crippen LogP contribution in [0.3, 0.4) is 0 Å². The minimum atomic E-state index is -0.361. The molecule has 22 heavy (non-hydrogen) atoms. The van der Waals surface area contributed by atoms with Crippen LogP contribution in [0.1, 0.15) is 37.9 Å². The Hall–Kier alpha value is -1.08. The molecule has 1 aliphatic heterocycles. The Morgan fingerprint density at radius 1 is 1.45 bits per heavy atom. The first-order chi connectivity index (χ1) is 10.3. The van der Waals surface area contributed by atoms with Gasteiger partial charge < -0.3 is 10.2 Å². The third kappa shape index (κ3) is 4.71. The highest BCUT2D eigenvalue weighted by atomic mass is 32.2. The van der Waals surface area contributed by atoms with E-state index < -0.39 is 0 Å². The molecule has 122 valence electrons. The first-order valence-corrected chi connectivity index (χ1v) is 9.35.